The van der Waals surface area contributed by atoms with Crippen LogP contribution in [0.3, 0.4) is 0 Å². The number of methoxy groups -OCH3 is 1. The van der Waals surface area contributed by atoms with Gasteiger partial charge in [0.2, 0.25) is 5.91 Å². The van der Waals surface area contributed by atoms with E-state index in [1.54, 1.807) is 7.11 Å². The maximum atomic E-state index is 12.1. The van der Waals surface area contributed by atoms with Crippen LogP contribution in [0.5, 0.6) is 0 Å². The van der Waals surface area contributed by atoms with E-state index in [-0.39, 0.29) is 17.9 Å². The molecule has 1 fully saturated rings. The molecule has 3 N–H and O–H groups in total. The Morgan fingerprint density at radius 1 is 1.30 bits per heavy atom. The first kappa shape index (κ1) is 15.0. The molecule has 0 aromatic heterocycles. The lowest BCUT2D eigenvalue weighted by Gasteiger charge is -2.25. The number of ether oxygens (including phenoxy) is 1. The predicted octanol–water partition coefficient (Wildman–Crippen LogP) is 1.97. The van der Waals surface area contributed by atoms with Crippen LogP contribution in [0.1, 0.15) is 36.8 Å². The van der Waals surface area contributed by atoms with E-state index in [2.05, 4.69) is 11.4 Å². The summed E-state index contributed by atoms with van der Waals surface area (Å²) in [5, 5.41) is 3.03. The van der Waals surface area contributed by atoms with Crippen molar-refractivity contribution in [2.45, 2.75) is 44.9 Å². The highest BCUT2D eigenvalue weighted by molar-refractivity contribution is 5.78. The fraction of sp³-hybridized carbons (Fsp3) is 0.562. The summed E-state index contributed by atoms with van der Waals surface area (Å²) in [7, 11) is 1.68. The van der Waals surface area contributed by atoms with Crippen molar-refractivity contribution in [1.82, 2.24) is 5.32 Å². The quantitative estimate of drug-likeness (QED) is 0.864. The van der Waals surface area contributed by atoms with Crippen LogP contribution in [-0.2, 0) is 22.7 Å². The lowest BCUT2D eigenvalue weighted by atomic mass is 9.86. The van der Waals surface area contributed by atoms with Crippen LogP contribution in [-0.4, -0.2) is 19.1 Å². The Kier molecular flexibility index (Phi) is 5.56. The van der Waals surface area contributed by atoms with Gasteiger partial charge in [-0.2, -0.15) is 0 Å². The molecular weight excluding hydrogens is 252 g/mol. The Balaban J connectivity index is 1.82. The Morgan fingerprint density at radius 2 is 2.00 bits per heavy atom. The highest BCUT2D eigenvalue weighted by atomic mass is 16.5. The standard InChI is InChI=1S/C16H24N2O2/c1-20-11-13-4-2-3-12(9-13)10-18-16(19)14-5-7-15(17)8-6-14/h2-4,9,14-15H,5-8,10-11,17H2,1H3,(H,18,19). The summed E-state index contributed by atoms with van der Waals surface area (Å²) in [6, 6.07) is 8.40. The molecule has 0 spiro atoms. The maximum Gasteiger partial charge on any atom is 0.223 e. The van der Waals surface area contributed by atoms with Gasteiger partial charge in [0.15, 0.2) is 0 Å². The van der Waals surface area contributed by atoms with Gasteiger partial charge in [-0.3, -0.25) is 4.79 Å². The molecule has 1 aliphatic rings. The highest BCUT2D eigenvalue weighted by Crippen LogP contribution is 2.23. The molecule has 20 heavy (non-hydrogen) atoms. The number of rotatable bonds is 5. The number of nitrogens with one attached hydrogen (secondary N) is 1. The normalized spacial score (nSPS) is 22.5. The van der Waals surface area contributed by atoms with Crippen molar-refractivity contribution in [1.29, 1.82) is 0 Å². The molecule has 1 aromatic carbocycles. The molecule has 1 aliphatic carbocycles. The van der Waals surface area contributed by atoms with Gasteiger partial charge in [-0.1, -0.05) is 24.3 Å². The largest absolute Gasteiger partial charge is 0.380 e. The topological polar surface area (TPSA) is 64.3 Å². The summed E-state index contributed by atoms with van der Waals surface area (Å²) in [4.78, 5) is 12.1. The summed E-state index contributed by atoms with van der Waals surface area (Å²) in [6.07, 6.45) is 3.75. The van der Waals surface area contributed by atoms with Crippen LogP contribution >= 0.6 is 0 Å². The summed E-state index contributed by atoms with van der Waals surface area (Å²) in [6.45, 7) is 1.18. The molecule has 4 nitrogen and oxygen atoms in total. The molecule has 0 radical (unpaired) electrons. The third kappa shape index (κ3) is 4.32. The van der Waals surface area contributed by atoms with Crippen LogP contribution in [0.15, 0.2) is 24.3 Å². The number of nitrogens with two attached hydrogens (primary N) is 1. The van der Waals surface area contributed by atoms with Gasteiger partial charge >= 0.3 is 0 Å². The van der Waals surface area contributed by atoms with Gasteiger partial charge < -0.3 is 15.8 Å². The maximum absolute atomic E-state index is 12.1. The Hall–Kier alpha value is -1.39. The molecule has 0 unspecified atom stereocenters. The van der Waals surface area contributed by atoms with Crippen LogP contribution < -0.4 is 11.1 Å². The molecule has 1 saturated carbocycles. The minimum Gasteiger partial charge on any atom is -0.380 e. The van der Waals surface area contributed by atoms with Gasteiger partial charge in [0.25, 0.3) is 0 Å². The van der Waals surface area contributed by atoms with Gasteiger partial charge in [-0.05, 0) is 36.8 Å². The molecule has 0 aliphatic heterocycles. The smallest absolute Gasteiger partial charge is 0.223 e. The third-order valence-electron chi connectivity index (χ3n) is 3.91. The van der Waals surface area contributed by atoms with Crippen molar-refractivity contribution < 1.29 is 9.53 Å². The van der Waals surface area contributed by atoms with Crippen LogP contribution in [0.2, 0.25) is 0 Å². The van der Waals surface area contributed by atoms with E-state index in [9.17, 15) is 4.79 Å². The van der Waals surface area contributed by atoms with Crippen molar-refractivity contribution in [3.63, 3.8) is 0 Å². The zero-order valence-corrected chi connectivity index (χ0v) is 12.1. The number of carbonyl (C=O) groups is 1. The second kappa shape index (κ2) is 7.41. The van der Waals surface area contributed by atoms with Crippen molar-refractivity contribution in [3.8, 4) is 0 Å². The lowest BCUT2D eigenvalue weighted by molar-refractivity contribution is -0.126. The summed E-state index contributed by atoms with van der Waals surface area (Å²) >= 11 is 0. The zero-order chi connectivity index (χ0) is 14.4. The van der Waals surface area contributed by atoms with E-state index in [0.29, 0.717) is 13.2 Å². The molecule has 1 aromatic rings. The van der Waals surface area contributed by atoms with Crippen LogP contribution in [0.25, 0.3) is 0 Å². The second-order valence-electron chi connectivity index (χ2n) is 5.58. The first-order valence-electron chi connectivity index (χ1n) is 7.29. The molecule has 4 heteroatoms. The van der Waals surface area contributed by atoms with Gasteiger partial charge in [0.05, 0.1) is 6.61 Å². The van der Waals surface area contributed by atoms with E-state index in [1.807, 2.05) is 18.2 Å². The van der Waals surface area contributed by atoms with Gasteiger partial charge in [-0.25, -0.2) is 0 Å². The highest BCUT2D eigenvalue weighted by Gasteiger charge is 2.24. The molecule has 0 atom stereocenters. The third-order valence-corrected chi connectivity index (χ3v) is 3.91. The minimum atomic E-state index is 0.136. The molecular formula is C16H24N2O2. The fourth-order valence-corrected chi connectivity index (χ4v) is 2.71. The molecule has 0 bridgehead atoms. The SMILES string of the molecule is COCc1cccc(CNC(=O)C2CCC(N)CC2)c1. The number of carbonyl (C=O) groups excluding carboxylic acids is 1. The lowest BCUT2D eigenvalue weighted by Crippen LogP contribution is -2.35. The van der Waals surface area contributed by atoms with E-state index in [0.717, 1.165) is 36.8 Å². The number of amides is 1. The number of hydrogen-bond acceptors (Lipinski definition) is 3. The van der Waals surface area contributed by atoms with E-state index in [1.165, 1.54) is 0 Å². The van der Waals surface area contributed by atoms with Crippen molar-refractivity contribution in [2.24, 2.45) is 11.7 Å². The van der Waals surface area contributed by atoms with Crippen molar-refractivity contribution in [3.05, 3.63) is 35.4 Å². The molecule has 1 amide bonds. The monoisotopic (exact) mass is 276 g/mol. The predicted molar refractivity (Wildman–Crippen MR) is 78.9 cm³/mol. The molecule has 0 saturated heterocycles. The van der Waals surface area contributed by atoms with E-state index >= 15 is 0 Å². The minimum absolute atomic E-state index is 0.136. The summed E-state index contributed by atoms with van der Waals surface area (Å²) < 4.78 is 5.11. The Bertz CT molecular complexity index is 440. The molecule has 2 rings (SSSR count). The second-order valence-corrected chi connectivity index (χ2v) is 5.58. The summed E-state index contributed by atoms with van der Waals surface area (Å²) in [5.41, 5.74) is 8.10. The number of benzene rings is 1. The van der Waals surface area contributed by atoms with E-state index in [4.69, 9.17) is 10.5 Å². The fourth-order valence-electron chi connectivity index (χ4n) is 2.71. The van der Waals surface area contributed by atoms with E-state index < -0.39 is 0 Å². The zero-order valence-electron chi connectivity index (χ0n) is 12.1. The van der Waals surface area contributed by atoms with Gasteiger partial charge in [0, 0.05) is 25.6 Å². The average molecular weight is 276 g/mol. The van der Waals surface area contributed by atoms with Crippen molar-refractivity contribution in [2.75, 3.05) is 7.11 Å². The van der Waals surface area contributed by atoms with Crippen LogP contribution in [0, 0.1) is 5.92 Å². The Morgan fingerprint density at radius 3 is 2.70 bits per heavy atom. The average Bonchev–Trinajstić information content (AvgIpc) is 2.46. The van der Waals surface area contributed by atoms with Crippen LogP contribution in [0.4, 0.5) is 0 Å². The Labute approximate surface area is 120 Å². The first-order chi connectivity index (χ1) is 9.69. The van der Waals surface area contributed by atoms with Gasteiger partial charge in [0.1, 0.15) is 0 Å². The molecule has 110 valence electrons. The van der Waals surface area contributed by atoms with Gasteiger partial charge in [-0.15, -0.1) is 0 Å². The van der Waals surface area contributed by atoms with Crippen molar-refractivity contribution >= 4 is 5.91 Å². The molecule has 0 heterocycles. The summed E-state index contributed by atoms with van der Waals surface area (Å²) in [5.74, 6) is 0.297. The number of hydrogen-bond donors (Lipinski definition) is 2. The first-order valence-corrected chi connectivity index (χ1v) is 7.29.